The molecule has 0 heterocycles. The van der Waals surface area contributed by atoms with Crippen molar-refractivity contribution >= 4 is 11.8 Å². The van der Waals surface area contributed by atoms with E-state index in [1.54, 1.807) is 0 Å². The number of rotatable bonds is 4. The fourth-order valence-electron chi connectivity index (χ4n) is 0.800. The Bertz CT molecular complexity index is 63.9. The molecule has 1 nitrogen and oxygen atoms in total. The molecule has 0 radical (unpaired) electrons. The first-order chi connectivity index (χ1) is 4.16. The highest BCUT2D eigenvalue weighted by molar-refractivity contribution is 8.00. The second kappa shape index (κ2) is 5.12. The van der Waals surface area contributed by atoms with Crippen LogP contribution < -0.4 is 5.32 Å². The summed E-state index contributed by atoms with van der Waals surface area (Å²) in [7, 11) is 2.00. The molecule has 0 saturated heterocycles. The van der Waals surface area contributed by atoms with Crippen LogP contribution in [0, 0.1) is 0 Å². The van der Waals surface area contributed by atoms with E-state index < -0.39 is 0 Å². The molecule has 2 heteroatoms. The Morgan fingerprint density at radius 1 is 1.33 bits per heavy atom. The third kappa shape index (κ3) is 6.19. The van der Waals surface area contributed by atoms with Gasteiger partial charge in [0.15, 0.2) is 0 Å². The summed E-state index contributed by atoms with van der Waals surface area (Å²) in [6.07, 6.45) is 0. The molecular formula is C7H17NS. The minimum atomic E-state index is 0.745. The molecule has 0 rings (SSSR count). The van der Waals surface area contributed by atoms with Gasteiger partial charge in [0, 0.05) is 11.8 Å². The zero-order valence-corrected chi connectivity index (χ0v) is 7.59. The second-order valence-electron chi connectivity index (χ2n) is 2.55. The molecule has 0 spiro atoms. The maximum atomic E-state index is 3.15. The second-order valence-corrected chi connectivity index (χ2v) is 4.57. The number of hydrogen-bond acceptors (Lipinski definition) is 2. The lowest BCUT2D eigenvalue weighted by atomic mass is 10.5. The fraction of sp³-hybridized carbons (Fsp3) is 1.00. The molecule has 1 N–H and O–H groups in total. The van der Waals surface area contributed by atoms with E-state index >= 15 is 0 Å². The van der Waals surface area contributed by atoms with Gasteiger partial charge >= 0.3 is 0 Å². The van der Waals surface area contributed by atoms with Gasteiger partial charge < -0.3 is 5.32 Å². The van der Waals surface area contributed by atoms with Gasteiger partial charge in [-0.3, -0.25) is 0 Å². The molecule has 0 aliphatic carbocycles. The minimum Gasteiger partial charge on any atom is -0.319 e. The van der Waals surface area contributed by atoms with Gasteiger partial charge in [-0.15, -0.1) is 0 Å². The van der Waals surface area contributed by atoms with Crippen molar-refractivity contribution in [1.82, 2.24) is 5.32 Å². The van der Waals surface area contributed by atoms with Crippen LogP contribution in [0.4, 0.5) is 0 Å². The topological polar surface area (TPSA) is 12.0 Å². The van der Waals surface area contributed by atoms with E-state index in [2.05, 4.69) is 26.1 Å². The highest BCUT2D eigenvalue weighted by Gasteiger charge is 2.02. The zero-order chi connectivity index (χ0) is 7.28. The molecule has 9 heavy (non-hydrogen) atoms. The Labute approximate surface area is 62.6 Å². The summed E-state index contributed by atoms with van der Waals surface area (Å²) in [4.78, 5) is 0. The standard InChI is InChI=1S/C7H17NS/c1-6(2)9-7(3)5-8-4/h6-8H,5H2,1-4H3. The molecule has 0 saturated carbocycles. The normalized spacial score (nSPS) is 14.3. The van der Waals surface area contributed by atoms with E-state index in [0.29, 0.717) is 0 Å². The zero-order valence-electron chi connectivity index (χ0n) is 6.77. The van der Waals surface area contributed by atoms with Crippen LogP contribution in [0.3, 0.4) is 0 Å². The van der Waals surface area contributed by atoms with Crippen LogP contribution in [0.1, 0.15) is 20.8 Å². The largest absolute Gasteiger partial charge is 0.319 e. The van der Waals surface area contributed by atoms with Crippen LogP contribution in [-0.4, -0.2) is 24.1 Å². The molecule has 0 aliphatic heterocycles. The van der Waals surface area contributed by atoms with Gasteiger partial charge in [-0.25, -0.2) is 0 Å². The van der Waals surface area contributed by atoms with E-state index in [1.807, 2.05) is 18.8 Å². The van der Waals surface area contributed by atoms with Crippen LogP contribution in [0.15, 0.2) is 0 Å². The summed E-state index contributed by atoms with van der Waals surface area (Å²) in [5, 5.41) is 4.66. The SMILES string of the molecule is CNCC(C)SC(C)C. The Kier molecular flexibility index (Phi) is 5.30. The lowest BCUT2D eigenvalue weighted by Crippen LogP contribution is -2.19. The van der Waals surface area contributed by atoms with Gasteiger partial charge in [-0.1, -0.05) is 20.8 Å². The summed E-state index contributed by atoms with van der Waals surface area (Å²) >= 11 is 2.02. The summed E-state index contributed by atoms with van der Waals surface area (Å²) in [5.74, 6) is 0. The quantitative estimate of drug-likeness (QED) is 0.650. The Morgan fingerprint density at radius 2 is 1.89 bits per heavy atom. The molecular weight excluding hydrogens is 130 g/mol. The Hall–Kier alpha value is 0.310. The van der Waals surface area contributed by atoms with Crippen LogP contribution in [-0.2, 0) is 0 Å². The Morgan fingerprint density at radius 3 is 2.22 bits per heavy atom. The van der Waals surface area contributed by atoms with Gasteiger partial charge in [-0.2, -0.15) is 11.8 Å². The fourth-order valence-corrected chi connectivity index (χ4v) is 1.99. The van der Waals surface area contributed by atoms with Gasteiger partial charge in [0.05, 0.1) is 0 Å². The van der Waals surface area contributed by atoms with Crippen molar-refractivity contribution in [2.24, 2.45) is 0 Å². The first-order valence-electron chi connectivity index (χ1n) is 3.47. The number of hydrogen-bond donors (Lipinski definition) is 1. The third-order valence-electron chi connectivity index (χ3n) is 0.996. The van der Waals surface area contributed by atoms with Crippen molar-refractivity contribution in [1.29, 1.82) is 0 Å². The van der Waals surface area contributed by atoms with Crippen molar-refractivity contribution in [2.75, 3.05) is 13.6 Å². The molecule has 0 bridgehead atoms. The molecule has 0 aromatic carbocycles. The molecule has 0 aliphatic rings. The van der Waals surface area contributed by atoms with Gasteiger partial charge in [-0.05, 0) is 12.3 Å². The predicted molar refractivity (Wildman–Crippen MR) is 46.1 cm³/mol. The van der Waals surface area contributed by atoms with Crippen molar-refractivity contribution in [3.05, 3.63) is 0 Å². The smallest absolute Gasteiger partial charge is 0.0146 e. The molecule has 1 unspecified atom stereocenters. The maximum absolute atomic E-state index is 3.15. The first-order valence-corrected chi connectivity index (χ1v) is 4.41. The molecule has 0 aromatic heterocycles. The Balaban J connectivity index is 3.15. The highest BCUT2D eigenvalue weighted by Crippen LogP contribution is 2.15. The number of nitrogens with one attached hydrogen (secondary N) is 1. The van der Waals surface area contributed by atoms with Crippen LogP contribution in [0.5, 0.6) is 0 Å². The van der Waals surface area contributed by atoms with Crippen LogP contribution in [0.2, 0.25) is 0 Å². The lowest BCUT2D eigenvalue weighted by Gasteiger charge is -2.12. The van der Waals surface area contributed by atoms with Gasteiger partial charge in [0.2, 0.25) is 0 Å². The van der Waals surface area contributed by atoms with Crippen molar-refractivity contribution in [2.45, 2.75) is 31.3 Å². The first kappa shape index (κ1) is 9.31. The lowest BCUT2D eigenvalue weighted by molar-refractivity contribution is 0.782. The average Bonchev–Trinajstić information content (AvgIpc) is 1.63. The molecule has 0 aromatic rings. The molecule has 1 atom stereocenters. The van der Waals surface area contributed by atoms with Crippen LogP contribution in [0.25, 0.3) is 0 Å². The van der Waals surface area contributed by atoms with E-state index in [4.69, 9.17) is 0 Å². The van der Waals surface area contributed by atoms with Gasteiger partial charge in [0.25, 0.3) is 0 Å². The van der Waals surface area contributed by atoms with Crippen molar-refractivity contribution < 1.29 is 0 Å². The summed E-state index contributed by atoms with van der Waals surface area (Å²) in [5.41, 5.74) is 0. The van der Waals surface area contributed by atoms with Crippen molar-refractivity contribution in [3.8, 4) is 0 Å². The van der Waals surface area contributed by atoms with Gasteiger partial charge in [0.1, 0.15) is 0 Å². The summed E-state index contributed by atoms with van der Waals surface area (Å²) in [6.45, 7) is 7.83. The summed E-state index contributed by atoms with van der Waals surface area (Å²) < 4.78 is 0. The van der Waals surface area contributed by atoms with E-state index in [9.17, 15) is 0 Å². The minimum absolute atomic E-state index is 0.745. The third-order valence-corrected chi connectivity index (χ3v) is 2.17. The van der Waals surface area contributed by atoms with E-state index in [0.717, 1.165) is 17.0 Å². The van der Waals surface area contributed by atoms with E-state index in [1.165, 1.54) is 0 Å². The molecule has 56 valence electrons. The van der Waals surface area contributed by atoms with Crippen molar-refractivity contribution in [3.63, 3.8) is 0 Å². The van der Waals surface area contributed by atoms with E-state index in [-0.39, 0.29) is 0 Å². The van der Waals surface area contributed by atoms with Crippen LogP contribution >= 0.6 is 11.8 Å². The number of thioether (sulfide) groups is 1. The molecule has 0 amide bonds. The summed E-state index contributed by atoms with van der Waals surface area (Å²) in [6, 6.07) is 0. The maximum Gasteiger partial charge on any atom is 0.0146 e. The molecule has 0 fully saturated rings. The predicted octanol–water partition coefficient (Wildman–Crippen LogP) is 1.74. The highest BCUT2D eigenvalue weighted by atomic mass is 32.2. The average molecular weight is 147 g/mol. The monoisotopic (exact) mass is 147 g/mol.